The first-order valence-electron chi connectivity index (χ1n) is 16.0. The van der Waals surface area contributed by atoms with Crippen LogP contribution in [0.25, 0.3) is 10.9 Å². The van der Waals surface area contributed by atoms with Crippen LogP contribution in [0.4, 0.5) is 0 Å². The average Bonchev–Trinajstić information content (AvgIpc) is 3.41. The molecule has 2 amide bonds. The molecular formula is C34H52N5O4. The molecule has 6 N–H and O–H groups in total. The zero-order chi connectivity index (χ0) is 31.6. The molecule has 237 valence electrons. The third-order valence-electron chi connectivity index (χ3n) is 9.58. The van der Waals surface area contributed by atoms with Crippen LogP contribution in [0.3, 0.4) is 0 Å². The number of para-hydroxylation sites is 1. The molecule has 9 nitrogen and oxygen atoms in total. The molecule has 0 spiro atoms. The van der Waals surface area contributed by atoms with Crippen molar-refractivity contribution in [2.45, 2.75) is 122 Å². The Balaban J connectivity index is 1.68. The van der Waals surface area contributed by atoms with Crippen molar-refractivity contribution in [3.05, 3.63) is 36.0 Å². The minimum Gasteiger partial charge on any atom is -0.361 e. The monoisotopic (exact) mass is 594 g/mol. The third kappa shape index (κ3) is 9.22. The second-order valence-corrected chi connectivity index (χ2v) is 12.9. The van der Waals surface area contributed by atoms with E-state index in [1.54, 1.807) is 6.92 Å². The SMILES string of the molecule is CCC(=O)CCC(CCC(C)([C]=O)NC(=O)[C@@H](NC(=O)[C@@H](N)Cc1c[nH]c2ccccc12)[C@@H](C)CC)C1(C)CCCCN1. The number of fused-ring (bicyclic) bond motifs is 1. The number of rotatable bonds is 17. The van der Waals surface area contributed by atoms with Gasteiger partial charge in [-0.15, -0.1) is 0 Å². The fraction of sp³-hybridized carbons (Fsp3) is 0.647. The molecule has 1 aliphatic rings. The van der Waals surface area contributed by atoms with Gasteiger partial charge in [0.2, 0.25) is 18.1 Å². The maximum Gasteiger partial charge on any atom is 0.243 e. The van der Waals surface area contributed by atoms with E-state index in [1.165, 1.54) is 0 Å². The number of carbonyl (C=O) groups excluding carboxylic acids is 4. The zero-order valence-electron chi connectivity index (χ0n) is 26.7. The Morgan fingerprint density at radius 2 is 1.88 bits per heavy atom. The van der Waals surface area contributed by atoms with Crippen molar-refractivity contribution in [2.75, 3.05) is 6.54 Å². The number of aromatic nitrogens is 1. The minimum atomic E-state index is -1.24. The molecule has 43 heavy (non-hydrogen) atoms. The Hall–Kier alpha value is -3.04. The lowest BCUT2D eigenvalue weighted by atomic mass is 9.73. The number of piperidine rings is 1. The first kappa shape index (κ1) is 34.5. The second kappa shape index (κ2) is 15.6. The Kier molecular flexibility index (Phi) is 12.5. The zero-order valence-corrected chi connectivity index (χ0v) is 26.7. The summed E-state index contributed by atoms with van der Waals surface area (Å²) in [6, 6.07) is 6.13. The van der Waals surface area contributed by atoms with Crippen molar-refractivity contribution in [1.29, 1.82) is 0 Å². The topological polar surface area (TPSA) is 146 Å². The number of H-pyrrole nitrogens is 1. The van der Waals surface area contributed by atoms with Crippen LogP contribution in [0, 0.1) is 11.8 Å². The van der Waals surface area contributed by atoms with E-state index in [-0.39, 0.29) is 23.2 Å². The number of aromatic amines is 1. The number of nitrogens with one attached hydrogen (secondary N) is 4. The summed E-state index contributed by atoms with van der Waals surface area (Å²) in [5, 5.41) is 10.5. The van der Waals surface area contributed by atoms with Gasteiger partial charge in [0.1, 0.15) is 17.4 Å². The van der Waals surface area contributed by atoms with E-state index in [4.69, 9.17) is 5.73 Å². The van der Waals surface area contributed by atoms with Crippen molar-refractivity contribution in [3.63, 3.8) is 0 Å². The highest BCUT2D eigenvalue weighted by molar-refractivity contribution is 5.92. The minimum absolute atomic E-state index is 0.131. The van der Waals surface area contributed by atoms with Crippen LogP contribution >= 0.6 is 0 Å². The van der Waals surface area contributed by atoms with Crippen molar-refractivity contribution in [2.24, 2.45) is 17.6 Å². The van der Waals surface area contributed by atoms with E-state index >= 15 is 0 Å². The van der Waals surface area contributed by atoms with Crippen molar-refractivity contribution in [3.8, 4) is 0 Å². The summed E-state index contributed by atoms with van der Waals surface area (Å²) in [5.41, 5.74) is 6.85. The van der Waals surface area contributed by atoms with Gasteiger partial charge in [-0.2, -0.15) is 0 Å². The van der Waals surface area contributed by atoms with Gasteiger partial charge in [-0.05, 0) is 82.4 Å². The Bertz CT molecular complexity index is 1240. The lowest BCUT2D eigenvalue weighted by Crippen LogP contribution is -2.59. The summed E-state index contributed by atoms with van der Waals surface area (Å²) in [6.45, 7) is 10.6. The fourth-order valence-corrected chi connectivity index (χ4v) is 6.27. The number of carbonyl (C=O) groups is 3. The van der Waals surface area contributed by atoms with Gasteiger partial charge in [0, 0.05) is 35.5 Å². The molecule has 3 rings (SSSR count). The molecule has 1 aromatic carbocycles. The largest absolute Gasteiger partial charge is 0.361 e. The highest BCUT2D eigenvalue weighted by atomic mass is 16.2. The van der Waals surface area contributed by atoms with Gasteiger partial charge >= 0.3 is 0 Å². The molecule has 2 heterocycles. The lowest BCUT2D eigenvalue weighted by molar-refractivity contribution is -0.131. The highest BCUT2D eigenvalue weighted by Crippen LogP contribution is 2.35. The first-order chi connectivity index (χ1) is 20.4. The van der Waals surface area contributed by atoms with Gasteiger partial charge in [0.05, 0.1) is 6.04 Å². The van der Waals surface area contributed by atoms with Crippen LogP contribution in [-0.4, -0.2) is 58.6 Å². The first-order valence-corrected chi connectivity index (χ1v) is 16.0. The molecule has 1 radical (unpaired) electrons. The summed E-state index contributed by atoms with van der Waals surface area (Å²) in [4.78, 5) is 54.5. The summed E-state index contributed by atoms with van der Waals surface area (Å²) >= 11 is 0. The number of amides is 2. The van der Waals surface area contributed by atoms with Gasteiger partial charge in [-0.1, -0.05) is 51.8 Å². The summed E-state index contributed by atoms with van der Waals surface area (Å²) < 4.78 is 0. The van der Waals surface area contributed by atoms with Gasteiger partial charge in [0.15, 0.2) is 0 Å². The second-order valence-electron chi connectivity index (χ2n) is 12.9. The number of nitrogens with two attached hydrogens (primary N) is 1. The van der Waals surface area contributed by atoms with E-state index in [0.29, 0.717) is 38.5 Å². The summed E-state index contributed by atoms with van der Waals surface area (Å²) in [6.07, 6.45) is 10.9. The quantitative estimate of drug-likeness (QED) is 0.185. The maximum atomic E-state index is 13.6. The smallest absolute Gasteiger partial charge is 0.243 e. The summed E-state index contributed by atoms with van der Waals surface area (Å²) in [7, 11) is 0. The van der Waals surface area contributed by atoms with Gasteiger partial charge < -0.3 is 26.7 Å². The molecule has 0 saturated carbocycles. The molecule has 2 aromatic rings. The van der Waals surface area contributed by atoms with Crippen LogP contribution in [0.15, 0.2) is 30.5 Å². The van der Waals surface area contributed by atoms with Crippen molar-refractivity contribution < 1.29 is 19.2 Å². The Morgan fingerprint density at radius 1 is 1.14 bits per heavy atom. The average molecular weight is 595 g/mol. The molecule has 0 aliphatic carbocycles. The molecule has 9 heteroatoms. The van der Waals surface area contributed by atoms with E-state index in [9.17, 15) is 19.2 Å². The highest BCUT2D eigenvalue weighted by Gasteiger charge is 2.39. The maximum absolute atomic E-state index is 13.6. The number of ketones is 1. The summed E-state index contributed by atoms with van der Waals surface area (Å²) in [5.74, 6) is -0.622. The molecule has 1 aliphatic heterocycles. The van der Waals surface area contributed by atoms with Crippen LogP contribution < -0.4 is 21.7 Å². The molecule has 1 aromatic heterocycles. The van der Waals surface area contributed by atoms with E-state index in [0.717, 1.165) is 48.7 Å². The van der Waals surface area contributed by atoms with Crippen LogP contribution in [0.2, 0.25) is 0 Å². The van der Waals surface area contributed by atoms with Gasteiger partial charge in [-0.25, -0.2) is 0 Å². The Morgan fingerprint density at radius 3 is 2.53 bits per heavy atom. The number of hydrogen-bond acceptors (Lipinski definition) is 6. The lowest BCUT2D eigenvalue weighted by Gasteiger charge is -2.43. The van der Waals surface area contributed by atoms with Crippen molar-refractivity contribution in [1.82, 2.24) is 20.9 Å². The third-order valence-corrected chi connectivity index (χ3v) is 9.58. The fourth-order valence-electron chi connectivity index (χ4n) is 6.27. The molecule has 6 atom stereocenters. The number of benzene rings is 1. The van der Waals surface area contributed by atoms with Crippen LogP contribution in [0.5, 0.6) is 0 Å². The molecule has 3 unspecified atom stereocenters. The molecule has 1 fully saturated rings. The van der Waals surface area contributed by atoms with E-state index < -0.39 is 29.4 Å². The van der Waals surface area contributed by atoms with Crippen LogP contribution in [-0.2, 0) is 25.6 Å². The van der Waals surface area contributed by atoms with Gasteiger partial charge in [-0.3, -0.25) is 19.2 Å². The Labute approximate surface area is 256 Å². The molecule has 0 bridgehead atoms. The number of hydrogen-bond donors (Lipinski definition) is 5. The predicted octanol–water partition coefficient (Wildman–Crippen LogP) is 4.24. The van der Waals surface area contributed by atoms with E-state index in [1.807, 2.05) is 51.2 Å². The molecular weight excluding hydrogens is 542 g/mol. The van der Waals surface area contributed by atoms with Crippen molar-refractivity contribution >= 4 is 34.8 Å². The molecule has 1 saturated heterocycles. The predicted molar refractivity (Wildman–Crippen MR) is 171 cm³/mol. The van der Waals surface area contributed by atoms with E-state index in [2.05, 4.69) is 34.1 Å². The van der Waals surface area contributed by atoms with Crippen LogP contribution in [0.1, 0.15) is 98.0 Å². The normalized spacial score (nSPS) is 21.3. The number of Topliss-reactive ketones (excluding diaryl/α,β-unsaturated/α-hetero) is 1. The standard InChI is InChI=1S/C34H52N5O4/c1-6-23(3)30(38-31(42)28(35)20-24-21-36-29-13-9-8-12-27(24)29)32(43)39-33(4,22-40)18-16-25(14-15-26(41)7-2)34(5)17-10-11-19-37-34/h8-9,12-13,21,23,25,28,30,36-37H,6-7,10-11,14-20,35H2,1-5H3,(H,38,42)(H,39,43)/t23-,25?,28-,30-,33?,34?/m0/s1. The van der Waals surface area contributed by atoms with Gasteiger partial charge in [0.25, 0.3) is 0 Å².